The van der Waals surface area contributed by atoms with Gasteiger partial charge in [-0.25, -0.2) is 0 Å². The molecule has 1 aromatic heterocycles. The lowest BCUT2D eigenvalue weighted by molar-refractivity contribution is -0.384. The van der Waals surface area contributed by atoms with Crippen LogP contribution in [0.4, 0.5) is 17.1 Å². The molecule has 0 atom stereocenters. The first-order valence-corrected chi connectivity index (χ1v) is 8.08. The molecule has 9 nitrogen and oxygen atoms in total. The molecule has 27 heavy (non-hydrogen) atoms. The highest BCUT2D eigenvalue weighted by molar-refractivity contribution is 7.80. The monoisotopic (exact) mass is 387 g/mol. The number of aliphatic hydroxyl groups is 1. The van der Waals surface area contributed by atoms with E-state index in [-0.39, 0.29) is 22.4 Å². The summed E-state index contributed by atoms with van der Waals surface area (Å²) in [6, 6.07) is 11.7. The second-order valence-corrected chi connectivity index (χ2v) is 5.64. The van der Waals surface area contributed by atoms with Crippen molar-refractivity contribution in [2.75, 3.05) is 12.4 Å². The molecule has 0 spiro atoms. The Morgan fingerprint density at radius 2 is 1.96 bits per heavy atom. The number of hydrogen-bond donors (Lipinski definition) is 4. The van der Waals surface area contributed by atoms with Gasteiger partial charge in [0.2, 0.25) is 11.0 Å². The molecule has 3 rings (SSSR count). The minimum atomic E-state index is -0.519. The summed E-state index contributed by atoms with van der Waals surface area (Å²) in [5, 5.41) is 39.1. The van der Waals surface area contributed by atoms with Gasteiger partial charge in [0.05, 0.1) is 10.4 Å². The van der Waals surface area contributed by atoms with Crippen molar-refractivity contribution in [3.8, 4) is 5.88 Å². The first-order valence-electron chi connectivity index (χ1n) is 7.68. The fraction of sp³-hybridized carbons (Fsp3) is 0.118. The van der Waals surface area contributed by atoms with Crippen molar-refractivity contribution in [2.24, 2.45) is 10.2 Å². The number of nitrogens with zero attached hydrogens (tertiary/aromatic N) is 3. The van der Waals surface area contributed by atoms with Crippen molar-refractivity contribution in [2.45, 2.75) is 6.92 Å². The molecular formula is C17H17N5O4S. The van der Waals surface area contributed by atoms with Crippen LogP contribution in [0, 0.1) is 17.0 Å². The molecule has 0 saturated carbocycles. The Kier molecular flexibility index (Phi) is 6.52. The Morgan fingerprint density at radius 3 is 2.63 bits per heavy atom. The van der Waals surface area contributed by atoms with E-state index in [1.807, 2.05) is 31.2 Å². The predicted molar refractivity (Wildman–Crippen MR) is 107 cm³/mol. The quantitative estimate of drug-likeness (QED) is 0.230. The summed E-state index contributed by atoms with van der Waals surface area (Å²) < 4.78 is 0. The molecule has 3 aromatic rings. The van der Waals surface area contributed by atoms with E-state index in [2.05, 4.69) is 20.5 Å². The van der Waals surface area contributed by atoms with Crippen LogP contribution in [0.25, 0.3) is 10.9 Å². The predicted octanol–water partition coefficient (Wildman–Crippen LogP) is 4.18. The van der Waals surface area contributed by atoms with Gasteiger partial charge in [0, 0.05) is 30.3 Å². The first-order chi connectivity index (χ1) is 13.0. The van der Waals surface area contributed by atoms with Crippen LogP contribution in [0.5, 0.6) is 5.88 Å². The van der Waals surface area contributed by atoms with E-state index < -0.39 is 4.92 Å². The van der Waals surface area contributed by atoms with Gasteiger partial charge in [0.1, 0.15) is 0 Å². The lowest BCUT2D eigenvalue weighted by atomic mass is 10.2. The summed E-state index contributed by atoms with van der Waals surface area (Å²) in [6.07, 6.45) is 0. The molecule has 140 valence electrons. The van der Waals surface area contributed by atoms with Crippen molar-refractivity contribution in [1.82, 2.24) is 4.98 Å². The number of fused-ring (bicyclic) bond motifs is 1. The van der Waals surface area contributed by atoms with Crippen molar-refractivity contribution in [1.29, 1.82) is 0 Å². The number of anilines is 1. The van der Waals surface area contributed by atoms with Gasteiger partial charge in [-0.1, -0.05) is 18.2 Å². The molecule has 1 heterocycles. The molecule has 0 unspecified atom stereocenters. The molecule has 4 N–H and O–H groups in total. The van der Waals surface area contributed by atoms with E-state index in [1.54, 1.807) is 0 Å². The lowest BCUT2D eigenvalue weighted by Crippen LogP contribution is -2.06. The molecule has 0 aliphatic carbocycles. The SMILES string of the molecule is CO.Cc1ccccc1NC(=S)N=Nc1c(O)[nH]c2ccc([N+](=O)[O-])cc12. The largest absolute Gasteiger partial charge is 0.493 e. The molecule has 0 radical (unpaired) electrons. The molecule has 2 aromatic carbocycles. The number of H-pyrrole nitrogens is 1. The molecule has 0 aliphatic rings. The Bertz CT molecular complexity index is 1020. The van der Waals surface area contributed by atoms with Crippen LogP contribution >= 0.6 is 12.2 Å². The molecule has 0 saturated heterocycles. The standard InChI is InChI=1S/C16H13N5O3S.CH4O/c1-9-4-2-3-5-12(9)18-16(25)20-19-14-11-8-10(21(23)24)6-7-13(11)17-15(14)22;1-2/h2-8,17,22H,1H3,(H,18,25);2H,1H3. The van der Waals surface area contributed by atoms with Gasteiger partial charge >= 0.3 is 0 Å². The minimum absolute atomic E-state index is 0.0904. The topological polar surface area (TPSA) is 136 Å². The minimum Gasteiger partial charge on any atom is -0.493 e. The zero-order valence-electron chi connectivity index (χ0n) is 14.5. The van der Waals surface area contributed by atoms with E-state index in [4.69, 9.17) is 17.3 Å². The summed E-state index contributed by atoms with van der Waals surface area (Å²) in [5.74, 6) is -0.238. The number of thiocarbonyl (C=S) groups is 1. The van der Waals surface area contributed by atoms with Gasteiger partial charge in [0.25, 0.3) is 5.69 Å². The first kappa shape index (κ1) is 19.9. The summed E-state index contributed by atoms with van der Waals surface area (Å²) in [4.78, 5) is 13.1. The second kappa shape index (κ2) is 8.83. The van der Waals surface area contributed by atoms with E-state index in [0.717, 1.165) is 18.4 Å². The number of benzene rings is 2. The van der Waals surface area contributed by atoms with Crippen molar-refractivity contribution < 1.29 is 15.1 Å². The Hall–Kier alpha value is -3.37. The average molecular weight is 387 g/mol. The third-order valence-electron chi connectivity index (χ3n) is 3.57. The zero-order valence-corrected chi connectivity index (χ0v) is 15.3. The Labute approximate surface area is 159 Å². The van der Waals surface area contributed by atoms with Crippen molar-refractivity contribution in [3.63, 3.8) is 0 Å². The summed E-state index contributed by atoms with van der Waals surface area (Å²) in [5.41, 5.74) is 2.28. The summed E-state index contributed by atoms with van der Waals surface area (Å²) >= 11 is 5.13. The number of non-ortho nitro benzene ring substituents is 1. The van der Waals surface area contributed by atoms with Crippen LogP contribution < -0.4 is 5.32 Å². The number of nitro benzene ring substituents is 1. The third kappa shape index (κ3) is 4.63. The fourth-order valence-electron chi connectivity index (χ4n) is 2.32. The summed E-state index contributed by atoms with van der Waals surface area (Å²) in [7, 11) is 1.00. The number of para-hydroxylation sites is 1. The molecule has 10 heteroatoms. The zero-order chi connectivity index (χ0) is 20.0. The Morgan fingerprint density at radius 1 is 1.26 bits per heavy atom. The van der Waals surface area contributed by atoms with E-state index >= 15 is 0 Å². The van der Waals surface area contributed by atoms with Crippen LogP contribution in [0.15, 0.2) is 52.7 Å². The number of aliphatic hydroxyl groups excluding tert-OH is 1. The van der Waals surface area contributed by atoms with Crippen LogP contribution in [0.3, 0.4) is 0 Å². The number of nitrogens with one attached hydrogen (secondary N) is 2. The highest BCUT2D eigenvalue weighted by Gasteiger charge is 2.15. The normalized spacial score (nSPS) is 10.5. The van der Waals surface area contributed by atoms with Crippen LogP contribution in [0.1, 0.15) is 5.56 Å². The van der Waals surface area contributed by atoms with Gasteiger partial charge in [0.15, 0.2) is 5.69 Å². The number of nitro groups is 1. The van der Waals surface area contributed by atoms with E-state index in [1.165, 1.54) is 18.2 Å². The van der Waals surface area contributed by atoms with Gasteiger partial charge in [-0.2, -0.15) is 0 Å². The maximum Gasteiger partial charge on any atom is 0.270 e. The van der Waals surface area contributed by atoms with Gasteiger partial charge < -0.3 is 20.5 Å². The number of hydrogen-bond acceptors (Lipinski definition) is 6. The van der Waals surface area contributed by atoms with Crippen LogP contribution in [-0.4, -0.2) is 32.3 Å². The number of aryl methyl sites for hydroxylation is 1. The van der Waals surface area contributed by atoms with Crippen molar-refractivity contribution in [3.05, 3.63) is 58.1 Å². The summed E-state index contributed by atoms with van der Waals surface area (Å²) in [6.45, 7) is 1.92. The van der Waals surface area contributed by atoms with Gasteiger partial charge in [-0.15, -0.1) is 10.2 Å². The number of aromatic amines is 1. The maximum atomic E-state index is 10.9. The van der Waals surface area contributed by atoms with E-state index in [9.17, 15) is 15.2 Å². The van der Waals surface area contributed by atoms with Crippen LogP contribution in [0.2, 0.25) is 0 Å². The molecule has 0 aliphatic heterocycles. The highest BCUT2D eigenvalue weighted by Crippen LogP contribution is 2.37. The van der Waals surface area contributed by atoms with Gasteiger partial charge in [-0.3, -0.25) is 10.1 Å². The second-order valence-electron chi connectivity index (χ2n) is 5.25. The lowest BCUT2D eigenvalue weighted by Gasteiger charge is -2.05. The highest BCUT2D eigenvalue weighted by atomic mass is 32.1. The number of azo groups is 1. The molecule has 0 amide bonds. The van der Waals surface area contributed by atoms with E-state index in [0.29, 0.717) is 10.9 Å². The van der Waals surface area contributed by atoms with Crippen LogP contribution in [-0.2, 0) is 0 Å². The number of rotatable bonds is 3. The number of aromatic hydroxyl groups is 1. The smallest absolute Gasteiger partial charge is 0.270 e. The molecule has 0 fully saturated rings. The average Bonchev–Trinajstić information content (AvgIpc) is 2.98. The fourth-order valence-corrected chi connectivity index (χ4v) is 2.47. The maximum absolute atomic E-state index is 10.9. The van der Waals surface area contributed by atoms with Crippen molar-refractivity contribution >= 4 is 45.3 Å². The Balaban J connectivity index is 0.00000126. The van der Waals surface area contributed by atoms with Gasteiger partial charge in [-0.05, 0) is 36.8 Å². The molecule has 0 bridgehead atoms. The number of aromatic nitrogens is 1. The third-order valence-corrected chi connectivity index (χ3v) is 3.76. The molecular weight excluding hydrogens is 370 g/mol.